The van der Waals surface area contributed by atoms with Crippen LogP contribution in [0.3, 0.4) is 0 Å². The van der Waals surface area contributed by atoms with Crippen molar-refractivity contribution in [3.63, 3.8) is 0 Å². The summed E-state index contributed by atoms with van der Waals surface area (Å²) in [7, 11) is 1.74. The van der Waals surface area contributed by atoms with Gasteiger partial charge in [-0.05, 0) is 49.4 Å². The van der Waals surface area contributed by atoms with Crippen LogP contribution in [0, 0.1) is 17.0 Å². The number of nitro groups is 1. The van der Waals surface area contributed by atoms with Crippen molar-refractivity contribution in [2.24, 2.45) is 7.05 Å². The van der Waals surface area contributed by atoms with Crippen LogP contribution >= 0.6 is 0 Å². The van der Waals surface area contributed by atoms with Crippen molar-refractivity contribution in [2.45, 2.75) is 6.92 Å². The molecule has 0 N–H and O–H groups in total. The van der Waals surface area contributed by atoms with Crippen LogP contribution in [0.2, 0.25) is 0 Å². The third kappa shape index (κ3) is 3.66. The van der Waals surface area contributed by atoms with Gasteiger partial charge in [0.25, 0.3) is 11.1 Å². The number of benzene rings is 2. The Hall–Kier alpha value is -4.99. The van der Waals surface area contributed by atoms with Gasteiger partial charge in [-0.3, -0.25) is 29.0 Å². The van der Waals surface area contributed by atoms with E-state index < -0.39 is 21.9 Å². The van der Waals surface area contributed by atoms with E-state index in [-0.39, 0.29) is 17.3 Å². The molecule has 5 aromatic rings. The third-order valence-corrected chi connectivity index (χ3v) is 5.74. The maximum atomic E-state index is 13.6. The first-order valence-corrected chi connectivity index (χ1v) is 10.7. The standard InChI is InChI=1S/C25H19N5O5/c1-16-23(25(32)29(27(16)2)17-8-4-3-5-9-17)28-21(14-12-18-13-15-22(35-18)30(33)34)26-20-11-7-6-10-19(20)24(28)31/h3-15H,1-2H3. The second-order valence-corrected chi connectivity index (χ2v) is 7.80. The largest absolute Gasteiger partial charge is 0.433 e. The van der Waals surface area contributed by atoms with Crippen molar-refractivity contribution >= 4 is 28.9 Å². The third-order valence-electron chi connectivity index (χ3n) is 5.74. The Morgan fingerprint density at radius 2 is 1.66 bits per heavy atom. The molecule has 0 unspecified atom stereocenters. The molecule has 0 spiro atoms. The lowest BCUT2D eigenvalue weighted by Gasteiger charge is -2.10. The maximum absolute atomic E-state index is 13.6. The number of para-hydroxylation sites is 2. The summed E-state index contributed by atoms with van der Waals surface area (Å²) in [5.74, 6) is -0.0194. The fraction of sp³-hybridized carbons (Fsp3) is 0.0800. The van der Waals surface area contributed by atoms with E-state index in [2.05, 4.69) is 4.98 Å². The molecule has 0 saturated heterocycles. The molecule has 0 atom stereocenters. The van der Waals surface area contributed by atoms with Crippen LogP contribution in [0.15, 0.2) is 80.7 Å². The van der Waals surface area contributed by atoms with Gasteiger partial charge in [-0.15, -0.1) is 0 Å². The molecule has 0 aliphatic heterocycles. The molecule has 0 aliphatic rings. The monoisotopic (exact) mass is 469 g/mol. The van der Waals surface area contributed by atoms with Gasteiger partial charge in [0, 0.05) is 7.05 Å². The van der Waals surface area contributed by atoms with E-state index >= 15 is 0 Å². The Kier molecular flexibility index (Phi) is 5.25. The lowest BCUT2D eigenvalue weighted by molar-refractivity contribution is -0.402. The topological polar surface area (TPSA) is 118 Å². The van der Waals surface area contributed by atoms with Gasteiger partial charge in [0.2, 0.25) is 0 Å². The Bertz CT molecular complexity index is 1740. The lowest BCUT2D eigenvalue weighted by Crippen LogP contribution is -2.28. The van der Waals surface area contributed by atoms with Crippen molar-refractivity contribution in [1.29, 1.82) is 0 Å². The normalized spacial score (nSPS) is 11.5. The first-order valence-electron chi connectivity index (χ1n) is 10.7. The summed E-state index contributed by atoms with van der Waals surface area (Å²) >= 11 is 0. The minimum atomic E-state index is -0.638. The van der Waals surface area contributed by atoms with Crippen LogP contribution in [0.1, 0.15) is 17.3 Å². The predicted octanol–water partition coefficient (Wildman–Crippen LogP) is 3.86. The van der Waals surface area contributed by atoms with Gasteiger partial charge in [0.1, 0.15) is 22.2 Å². The van der Waals surface area contributed by atoms with Crippen molar-refractivity contribution in [3.8, 4) is 11.4 Å². The highest BCUT2D eigenvalue weighted by Gasteiger charge is 2.22. The molecule has 3 aromatic heterocycles. The molecular weight excluding hydrogens is 450 g/mol. The van der Waals surface area contributed by atoms with Crippen LogP contribution < -0.4 is 11.1 Å². The maximum Gasteiger partial charge on any atom is 0.433 e. The zero-order valence-electron chi connectivity index (χ0n) is 18.8. The van der Waals surface area contributed by atoms with E-state index in [0.29, 0.717) is 22.3 Å². The molecule has 10 nitrogen and oxygen atoms in total. The van der Waals surface area contributed by atoms with Gasteiger partial charge < -0.3 is 4.42 Å². The average Bonchev–Trinajstić information content (AvgIpc) is 3.42. The number of hydrogen-bond acceptors (Lipinski definition) is 6. The number of aromatic nitrogens is 4. The van der Waals surface area contributed by atoms with Gasteiger partial charge in [-0.25, -0.2) is 9.67 Å². The molecule has 3 heterocycles. The smallest absolute Gasteiger partial charge is 0.401 e. The Morgan fingerprint density at radius 3 is 2.37 bits per heavy atom. The number of furan rings is 1. The minimum Gasteiger partial charge on any atom is -0.401 e. The molecule has 10 heteroatoms. The summed E-state index contributed by atoms with van der Waals surface area (Å²) in [6, 6.07) is 18.6. The number of fused-ring (bicyclic) bond motifs is 1. The van der Waals surface area contributed by atoms with Gasteiger partial charge >= 0.3 is 5.88 Å². The van der Waals surface area contributed by atoms with Crippen LogP contribution in [0.4, 0.5) is 5.88 Å². The fourth-order valence-electron chi connectivity index (χ4n) is 3.98. The Morgan fingerprint density at radius 1 is 0.943 bits per heavy atom. The van der Waals surface area contributed by atoms with E-state index in [9.17, 15) is 19.7 Å². The number of rotatable bonds is 5. The van der Waals surface area contributed by atoms with Crippen molar-refractivity contribution in [2.75, 3.05) is 0 Å². The second kappa shape index (κ2) is 8.41. The first-order chi connectivity index (χ1) is 16.9. The molecule has 2 aromatic carbocycles. The summed E-state index contributed by atoms with van der Waals surface area (Å²) < 4.78 is 9.62. The van der Waals surface area contributed by atoms with Crippen molar-refractivity contribution < 1.29 is 9.34 Å². The van der Waals surface area contributed by atoms with Gasteiger partial charge in [0.05, 0.1) is 28.4 Å². The quantitative estimate of drug-likeness (QED) is 0.285. The predicted molar refractivity (Wildman–Crippen MR) is 131 cm³/mol. The number of nitrogens with zero attached hydrogens (tertiary/aromatic N) is 5. The van der Waals surface area contributed by atoms with Crippen molar-refractivity contribution in [1.82, 2.24) is 18.9 Å². The minimum absolute atomic E-state index is 0.157. The molecule has 174 valence electrons. The molecule has 0 bridgehead atoms. The zero-order valence-corrected chi connectivity index (χ0v) is 18.8. The second-order valence-electron chi connectivity index (χ2n) is 7.80. The van der Waals surface area contributed by atoms with Gasteiger partial charge in [-0.1, -0.05) is 30.3 Å². The number of hydrogen-bond donors (Lipinski definition) is 0. The molecular formula is C25H19N5O5. The molecule has 0 aliphatic carbocycles. The Labute approximate surface area is 197 Å². The van der Waals surface area contributed by atoms with Crippen LogP contribution in [0.5, 0.6) is 0 Å². The highest BCUT2D eigenvalue weighted by atomic mass is 16.6. The summed E-state index contributed by atoms with van der Waals surface area (Å²) in [4.78, 5) is 42.2. The zero-order chi connectivity index (χ0) is 24.7. The molecule has 0 radical (unpaired) electrons. The van der Waals surface area contributed by atoms with Gasteiger partial charge in [-0.2, -0.15) is 0 Å². The molecule has 0 saturated carbocycles. The summed E-state index contributed by atoms with van der Waals surface area (Å²) in [6.07, 6.45) is 2.96. The first kappa shape index (κ1) is 21.8. The average molecular weight is 469 g/mol. The summed E-state index contributed by atoms with van der Waals surface area (Å²) in [6.45, 7) is 1.75. The van der Waals surface area contributed by atoms with E-state index in [0.717, 1.165) is 0 Å². The van der Waals surface area contributed by atoms with E-state index in [4.69, 9.17) is 4.42 Å². The van der Waals surface area contributed by atoms with E-state index in [1.165, 1.54) is 33.5 Å². The van der Waals surface area contributed by atoms with E-state index in [1.807, 2.05) is 18.2 Å². The van der Waals surface area contributed by atoms with Crippen LogP contribution in [-0.4, -0.2) is 23.8 Å². The molecule has 0 fully saturated rings. The summed E-state index contributed by atoms with van der Waals surface area (Å²) in [5, 5.41) is 11.3. The Balaban J connectivity index is 1.77. The summed E-state index contributed by atoms with van der Waals surface area (Å²) in [5.41, 5.74) is 1.02. The van der Waals surface area contributed by atoms with Gasteiger partial charge in [0.15, 0.2) is 0 Å². The highest BCUT2D eigenvalue weighted by molar-refractivity contribution is 5.80. The van der Waals surface area contributed by atoms with Crippen LogP contribution in [0.25, 0.3) is 34.4 Å². The fourth-order valence-corrected chi connectivity index (χ4v) is 3.98. The lowest BCUT2D eigenvalue weighted by atomic mass is 10.2. The van der Waals surface area contributed by atoms with Crippen molar-refractivity contribution in [3.05, 3.63) is 115 Å². The van der Waals surface area contributed by atoms with Crippen LogP contribution in [-0.2, 0) is 7.05 Å². The highest BCUT2D eigenvalue weighted by Crippen LogP contribution is 2.20. The molecule has 0 amide bonds. The van der Waals surface area contributed by atoms with E-state index in [1.54, 1.807) is 55.1 Å². The molecule has 5 rings (SSSR count). The SMILES string of the molecule is Cc1c(-n2c(C=Cc3ccc([N+](=O)[O-])o3)nc3ccccc3c2=O)c(=O)n(-c2ccccc2)n1C. The molecule has 35 heavy (non-hydrogen) atoms.